The maximum absolute atomic E-state index is 13.1. The summed E-state index contributed by atoms with van der Waals surface area (Å²) in [6.45, 7) is 5.20. The van der Waals surface area contributed by atoms with E-state index < -0.39 is 29.2 Å². The minimum atomic E-state index is -1.03. The predicted octanol–water partition coefficient (Wildman–Crippen LogP) is 3.07. The molecule has 0 unspecified atom stereocenters. The van der Waals surface area contributed by atoms with E-state index in [4.69, 9.17) is 5.11 Å². The number of halogens is 2. The van der Waals surface area contributed by atoms with Gasteiger partial charge in [0, 0.05) is 23.8 Å². The van der Waals surface area contributed by atoms with E-state index in [1.165, 1.54) is 4.90 Å². The summed E-state index contributed by atoms with van der Waals surface area (Å²) < 4.78 is 26.2. The van der Waals surface area contributed by atoms with Crippen LogP contribution in [-0.4, -0.2) is 34.1 Å². The summed E-state index contributed by atoms with van der Waals surface area (Å²) in [5.41, 5.74) is -0.659. The Hall–Kier alpha value is -2.18. The molecule has 0 saturated heterocycles. The maximum Gasteiger partial charge on any atom is 0.322 e. The molecule has 0 radical (unpaired) electrons. The molecule has 0 spiro atoms. The minimum absolute atomic E-state index is 0.0114. The molecule has 5 nitrogen and oxygen atoms in total. The molecule has 0 aromatic heterocycles. The Morgan fingerprint density at radius 1 is 1.19 bits per heavy atom. The second-order valence-corrected chi connectivity index (χ2v) is 5.55. The average molecular weight is 300 g/mol. The number of urea groups is 1. The van der Waals surface area contributed by atoms with E-state index in [1.54, 1.807) is 20.8 Å². The van der Waals surface area contributed by atoms with Crippen LogP contribution < -0.4 is 5.32 Å². The van der Waals surface area contributed by atoms with Crippen molar-refractivity contribution in [1.82, 2.24) is 4.90 Å². The molecule has 116 valence electrons. The average Bonchev–Trinajstić information content (AvgIpc) is 2.24. The summed E-state index contributed by atoms with van der Waals surface area (Å²) in [6.07, 6.45) is -0.220. The largest absolute Gasteiger partial charge is 0.481 e. The molecule has 21 heavy (non-hydrogen) atoms. The van der Waals surface area contributed by atoms with Crippen LogP contribution in [-0.2, 0) is 4.79 Å². The van der Waals surface area contributed by atoms with Crippen LogP contribution in [0.25, 0.3) is 0 Å². The third-order valence-corrected chi connectivity index (χ3v) is 2.72. The standard InChI is InChI=1S/C14H18F2N2O3/c1-14(2,3)18(5-4-12(19)20)13(21)17-11-7-9(15)6-10(16)8-11/h6-8H,4-5H2,1-3H3,(H,17,21)(H,19,20). The number of benzene rings is 1. The first kappa shape index (κ1) is 16.9. The molecule has 0 aliphatic heterocycles. The molecule has 1 aromatic carbocycles. The van der Waals surface area contributed by atoms with Gasteiger partial charge >= 0.3 is 12.0 Å². The second-order valence-electron chi connectivity index (χ2n) is 5.55. The third kappa shape index (κ3) is 5.37. The summed E-state index contributed by atoms with van der Waals surface area (Å²) >= 11 is 0. The Bertz CT molecular complexity index is 521. The second kappa shape index (κ2) is 6.51. The van der Waals surface area contributed by atoms with E-state index in [2.05, 4.69) is 5.32 Å². The van der Waals surface area contributed by atoms with Crippen molar-refractivity contribution in [1.29, 1.82) is 0 Å². The summed E-state index contributed by atoms with van der Waals surface area (Å²) in [5, 5.41) is 11.1. The zero-order chi connectivity index (χ0) is 16.2. The molecule has 1 rings (SSSR count). The highest BCUT2D eigenvalue weighted by atomic mass is 19.1. The first-order valence-corrected chi connectivity index (χ1v) is 6.36. The number of nitrogens with zero attached hydrogens (tertiary/aromatic N) is 1. The van der Waals surface area contributed by atoms with Gasteiger partial charge in [-0.1, -0.05) is 0 Å². The number of anilines is 1. The fraction of sp³-hybridized carbons (Fsp3) is 0.429. The first-order chi connectivity index (χ1) is 9.59. The monoisotopic (exact) mass is 300 g/mol. The van der Waals surface area contributed by atoms with E-state index >= 15 is 0 Å². The van der Waals surface area contributed by atoms with E-state index in [9.17, 15) is 18.4 Å². The topological polar surface area (TPSA) is 69.6 Å². The molecule has 2 N–H and O–H groups in total. The molecule has 0 fully saturated rings. The molecule has 2 amide bonds. The number of nitrogens with one attached hydrogen (secondary N) is 1. The van der Waals surface area contributed by atoms with Gasteiger partial charge in [-0.15, -0.1) is 0 Å². The van der Waals surface area contributed by atoms with E-state index in [0.29, 0.717) is 6.07 Å². The van der Waals surface area contributed by atoms with Crippen LogP contribution in [0.1, 0.15) is 27.2 Å². The molecule has 0 aliphatic carbocycles. The number of amides is 2. The molecule has 0 bridgehead atoms. The van der Waals surface area contributed by atoms with Gasteiger partial charge in [0.05, 0.1) is 6.42 Å². The zero-order valence-electron chi connectivity index (χ0n) is 12.1. The number of hydrogen-bond acceptors (Lipinski definition) is 2. The molecule has 0 atom stereocenters. The SMILES string of the molecule is CC(C)(C)N(CCC(=O)O)C(=O)Nc1cc(F)cc(F)c1. The Balaban J connectivity index is 2.87. The normalized spacial score (nSPS) is 11.1. The molecule has 0 heterocycles. The van der Waals surface area contributed by atoms with Gasteiger partial charge in [-0.25, -0.2) is 13.6 Å². The molecule has 0 aliphatic rings. The maximum atomic E-state index is 13.1. The van der Waals surface area contributed by atoms with Crippen molar-refractivity contribution in [2.75, 3.05) is 11.9 Å². The van der Waals surface area contributed by atoms with Crippen molar-refractivity contribution in [3.63, 3.8) is 0 Å². The number of rotatable bonds is 4. The van der Waals surface area contributed by atoms with Crippen molar-refractivity contribution in [3.8, 4) is 0 Å². The number of hydrogen-bond donors (Lipinski definition) is 2. The lowest BCUT2D eigenvalue weighted by Crippen LogP contribution is -2.48. The summed E-state index contributed by atoms with van der Waals surface area (Å²) in [6, 6.07) is 2.05. The molecule has 1 aromatic rings. The number of carbonyl (C=O) groups is 2. The summed E-state index contributed by atoms with van der Waals surface area (Å²) in [4.78, 5) is 24.1. The van der Waals surface area contributed by atoms with Crippen LogP contribution in [0, 0.1) is 11.6 Å². The Morgan fingerprint density at radius 2 is 1.71 bits per heavy atom. The number of carboxylic acids is 1. The van der Waals surface area contributed by atoms with E-state index in [0.717, 1.165) is 12.1 Å². The molecule has 7 heteroatoms. The fourth-order valence-corrected chi connectivity index (χ4v) is 1.77. The highest BCUT2D eigenvalue weighted by Crippen LogP contribution is 2.18. The van der Waals surface area contributed by atoms with Crippen molar-refractivity contribution in [2.24, 2.45) is 0 Å². The lowest BCUT2D eigenvalue weighted by molar-refractivity contribution is -0.137. The van der Waals surface area contributed by atoms with Crippen LogP contribution in [0.3, 0.4) is 0 Å². The Labute approximate surface area is 121 Å². The molecular formula is C14H18F2N2O3. The lowest BCUT2D eigenvalue weighted by atomic mass is 10.1. The first-order valence-electron chi connectivity index (χ1n) is 6.36. The van der Waals surface area contributed by atoms with Gasteiger partial charge in [-0.2, -0.15) is 0 Å². The summed E-state index contributed by atoms with van der Waals surface area (Å²) in [5.74, 6) is -2.65. The third-order valence-electron chi connectivity index (χ3n) is 2.72. The van der Waals surface area contributed by atoms with Gasteiger partial charge in [0.15, 0.2) is 0 Å². The van der Waals surface area contributed by atoms with Crippen molar-refractivity contribution >= 4 is 17.7 Å². The van der Waals surface area contributed by atoms with E-state index in [-0.39, 0.29) is 18.7 Å². The van der Waals surface area contributed by atoms with Crippen molar-refractivity contribution in [2.45, 2.75) is 32.7 Å². The van der Waals surface area contributed by atoms with Gasteiger partial charge in [0.1, 0.15) is 11.6 Å². The van der Waals surface area contributed by atoms with Crippen molar-refractivity contribution in [3.05, 3.63) is 29.8 Å². The van der Waals surface area contributed by atoms with Gasteiger partial charge < -0.3 is 15.3 Å². The van der Waals surface area contributed by atoms with Gasteiger partial charge in [0.2, 0.25) is 0 Å². The van der Waals surface area contributed by atoms with Crippen LogP contribution in [0.2, 0.25) is 0 Å². The van der Waals surface area contributed by atoms with Gasteiger partial charge in [0.25, 0.3) is 0 Å². The number of carbonyl (C=O) groups excluding carboxylic acids is 1. The van der Waals surface area contributed by atoms with Gasteiger partial charge in [-0.3, -0.25) is 4.79 Å². The molecular weight excluding hydrogens is 282 g/mol. The van der Waals surface area contributed by atoms with E-state index in [1.807, 2.05) is 0 Å². The highest BCUT2D eigenvalue weighted by Gasteiger charge is 2.27. The summed E-state index contributed by atoms with van der Waals surface area (Å²) in [7, 11) is 0. The van der Waals surface area contributed by atoms with Crippen LogP contribution >= 0.6 is 0 Å². The van der Waals surface area contributed by atoms with Gasteiger partial charge in [-0.05, 0) is 32.9 Å². The lowest BCUT2D eigenvalue weighted by Gasteiger charge is -2.35. The van der Waals surface area contributed by atoms with Crippen LogP contribution in [0.4, 0.5) is 19.3 Å². The number of carboxylic acid groups (broad SMARTS) is 1. The fourth-order valence-electron chi connectivity index (χ4n) is 1.77. The smallest absolute Gasteiger partial charge is 0.322 e. The zero-order valence-corrected chi connectivity index (χ0v) is 12.1. The van der Waals surface area contributed by atoms with Crippen LogP contribution in [0.5, 0.6) is 0 Å². The minimum Gasteiger partial charge on any atom is -0.481 e. The Morgan fingerprint density at radius 3 is 2.14 bits per heavy atom. The molecule has 0 saturated carbocycles. The highest BCUT2D eigenvalue weighted by molar-refractivity contribution is 5.90. The Kier molecular flexibility index (Phi) is 5.23. The van der Waals surface area contributed by atoms with Crippen LogP contribution in [0.15, 0.2) is 18.2 Å². The van der Waals surface area contributed by atoms with Crippen molar-refractivity contribution < 1.29 is 23.5 Å². The quantitative estimate of drug-likeness (QED) is 0.897. The number of aliphatic carboxylic acids is 1. The predicted molar refractivity (Wildman–Crippen MR) is 74.1 cm³/mol.